The first kappa shape index (κ1) is 32.4. The molecule has 0 saturated heterocycles. The molecule has 0 amide bonds. The van der Waals surface area contributed by atoms with Gasteiger partial charge >= 0.3 is 23.9 Å². The Labute approximate surface area is 216 Å². The molecule has 0 aliphatic rings. The number of aliphatic hydroxyl groups excluding tert-OH is 1. The van der Waals surface area contributed by atoms with Crippen LogP contribution in [0.25, 0.3) is 0 Å². The summed E-state index contributed by atoms with van der Waals surface area (Å²) in [6.07, 6.45) is 11.4. The van der Waals surface area contributed by atoms with Crippen molar-refractivity contribution >= 4 is 23.9 Å². The lowest BCUT2D eigenvalue weighted by Crippen LogP contribution is -1.94. The molecule has 4 aromatic heterocycles. The van der Waals surface area contributed by atoms with Crippen LogP contribution in [0.4, 0.5) is 0 Å². The number of pyridine rings is 4. The SMILES string of the molecule is CO.O=C(O)c1cccnc1.O=C(O)c1cccnc1.O=C(O)c1cccnc1.O=C(O)c1cccnc1. The van der Waals surface area contributed by atoms with Crippen LogP contribution in [0.15, 0.2) is 98.1 Å². The van der Waals surface area contributed by atoms with E-state index in [1.165, 1.54) is 73.8 Å². The van der Waals surface area contributed by atoms with Crippen LogP contribution in [-0.4, -0.2) is 76.5 Å². The fourth-order valence-corrected chi connectivity index (χ4v) is 1.96. The lowest BCUT2D eigenvalue weighted by molar-refractivity contribution is 0.0685. The van der Waals surface area contributed by atoms with Gasteiger partial charge in [-0.2, -0.15) is 0 Å². The summed E-state index contributed by atoms with van der Waals surface area (Å²) in [7, 11) is 1.00. The number of hydrogen-bond acceptors (Lipinski definition) is 9. The van der Waals surface area contributed by atoms with Crippen molar-refractivity contribution in [3.8, 4) is 0 Å². The molecule has 0 spiro atoms. The van der Waals surface area contributed by atoms with Gasteiger partial charge in [0.25, 0.3) is 0 Å². The Balaban J connectivity index is 0.000000470. The van der Waals surface area contributed by atoms with Crippen molar-refractivity contribution in [2.45, 2.75) is 0 Å². The van der Waals surface area contributed by atoms with E-state index in [9.17, 15) is 19.2 Å². The summed E-state index contributed by atoms with van der Waals surface area (Å²) < 4.78 is 0. The molecule has 4 aromatic rings. The van der Waals surface area contributed by atoms with Crippen molar-refractivity contribution in [3.05, 3.63) is 120 Å². The molecular weight excluding hydrogens is 500 g/mol. The summed E-state index contributed by atoms with van der Waals surface area (Å²) in [4.78, 5) is 55.1. The molecule has 4 rings (SSSR count). The fourth-order valence-electron chi connectivity index (χ4n) is 1.96. The molecule has 0 unspecified atom stereocenters. The summed E-state index contributed by atoms with van der Waals surface area (Å²) in [5, 5.41) is 40.4. The van der Waals surface area contributed by atoms with Crippen LogP contribution in [0, 0.1) is 0 Å². The average molecular weight is 524 g/mol. The maximum absolute atomic E-state index is 10.2. The Morgan fingerprint density at radius 3 is 0.711 bits per heavy atom. The van der Waals surface area contributed by atoms with Gasteiger partial charge in [0.2, 0.25) is 0 Å². The van der Waals surface area contributed by atoms with Crippen molar-refractivity contribution in [2.75, 3.05) is 7.11 Å². The second-order valence-electron chi connectivity index (χ2n) is 6.19. The number of carboxylic acid groups (broad SMARTS) is 4. The molecule has 13 nitrogen and oxygen atoms in total. The van der Waals surface area contributed by atoms with Crippen molar-refractivity contribution in [2.24, 2.45) is 0 Å². The number of aromatic carboxylic acids is 4. The second kappa shape index (κ2) is 19.7. The number of carbonyl (C=O) groups is 4. The van der Waals surface area contributed by atoms with Crippen LogP contribution >= 0.6 is 0 Å². The van der Waals surface area contributed by atoms with Crippen molar-refractivity contribution in [1.82, 2.24) is 19.9 Å². The van der Waals surface area contributed by atoms with E-state index in [2.05, 4.69) is 19.9 Å². The third kappa shape index (κ3) is 14.6. The summed E-state index contributed by atoms with van der Waals surface area (Å²) in [6, 6.07) is 12.3. The zero-order valence-corrected chi connectivity index (χ0v) is 19.9. The van der Waals surface area contributed by atoms with Crippen LogP contribution in [0.1, 0.15) is 41.4 Å². The minimum absolute atomic E-state index is 0.220. The molecule has 0 aliphatic heterocycles. The highest BCUT2D eigenvalue weighted by Crippen LogP contribution is 1.95. The molecule has 0 radical (unpaired) electrons. The lowest BCUT2D eigenvalue weighted by atomic mass is 10.3. The van der Waals surface area contributed by atoms with E-state index >= 15 is 0 Å². The average Bonchev–Trinajstić information content (AvgIpc) is 2.97. The van der Waals surface area contributed by atoms with E-state index in [4.69, 9.17) is 25.5 Å². The minimum atomic E-state index is -0.942. The topological polar surface area (TPSA) is 221 Å². The maximum Gasteiger partial charge on any atom is 0.337 e. The smallest absolute Gasteiger partial charge is 0.337 e. The molecule has 38 heavy (non-hydrogen) atoms. The van der Waals surface area contributed by atoms with Gasteiger partial charge in [-0.15, -0.1) is 0 Å². The molecule has 0 aromatic carbocycles. The highest BCUT2D eigenvalue weighted by Gasteiger charge is 1.99. The van der Waals surface area contributed by atoms with E-state index in [0.717, 1.165) is 7.11 Å². The highest BCUT2D eigenvalue weighted by molar-refractivity contribution is 5.88. The quantitative estimate of drug-likeness (QED) is 0.259. The lowest BCUT2D eigenvalue weighted by Gasteiger charge is -1.87. The van der Waals surface area contributed by atoms with E-state index in [-0.39, 0.29) is 22.3 Å². The van der Waals surface area contributed by atoms with Crippen molar-refractivity contribution in [1.29, 1.82) is 0 Å². The summed E-state index contributed by atoms with van der Waals surface area (Å²) in [5.74, 6) is -3.77. The molecule has 13 heteroatoms. The first-order chi connectivity index (χ1) is 18.2. The van der Waals surface area contributed by atoms with Gasteiger partial charge in [0.15, 0.2) is 0 Å². The number of nitrogens with zero attached hydrogens (tertiary/aromatic N) is 4. The van der Waals surface area contributed by atoms with E-state index in [0.29, 0.717) is 0 Å². The standard InChI is InChI=1S/4C6H5NO2.CH4O/c4*8-6(9)5-2-1-3-7-4-5;1-2/h4*1-4H,(H,8,9);2H,1H3. The summed E-state index contributed by atoms with van der Waals surface area (Å²) in [6.45, 7) is 0. The molecular formula is C25H24N4O9. The third-order valence-electron chi connectivity index (χ3n) is 3.63. The van der Waals surface area contributed by atoms with Gasteiger partial charge < -0.3 is 25.5 Å². The van der Waals surface area contributed by atoms with Gasteiger partial charge in [-0.05, 0) is 48.5 Å². The van der Waals surface area contributed by atoms with Crippen molar-refractivity contribution in [3.63, 3.8) is 0 Å². The number of carboxylic acids is 4. The monoisotopic (exact) mass is 524 g/mol. The Morgan fingerprint density at radius 1 is 0.447 bits per heavy atom. The largest absolute Gasteiger partial charge is 0.478 e. The summed E-state index contributed by atoms with van der Waals surface area (Å²) >= 11 is 0. The zero-order chi connectivity index (χ0) is 28.8. The Bertz CT molecular complexity index is 1030. The Morgan fingerprint density at radius 2 is 0.632 bits per heavy atom. The number of hydrogen-bond donors (Lipinski definition) is 5. The Hall–Kier alpha value is -5.56. The van der Waals surface area contributed by atoms with Crippen LogP contribution in [0.2, 0.25) is 0 Å². The normalized spacial score (nSPS) is 8.58. The predicted molar refractivity (Wildman–Crippen MR) is 133 cm³/mol. The van der Waals surface area contributed by atoms with Crippen LogP contribution in [0.3, 0.4) is 0 Å². The third-order valence-corrected chi connectivity index (χ3v) is 3.63. The molecule has 0 bridgehead atoms. The first-order valence-electron chi connectivity index (χ1n) is 10.2. The van der Waals surface area contributed by atoms with Gasteiger partial charge in [0.1, 0.15) is 0 Å². The second-order valence-corrected chi connectivity index (χ2v) is 6.19. The number of aromatic nitrogens is 4. The predicted octanol–water partition coefficient (Wildman–Crippen LogP) is 2.73. The molecule has 0 aliphatic carbocycles. The van der Waals surface area contributed by atoms with Gasteiger partial charge in [0.05, 0.1) is 22.3 Å². The van der Waals surface area contributed by atoms with Gasteiger partial charge in [-0.1, -0.05) is 0 Å². The van der Waals surface area contributed by atoms with Gasteiger partial charge in [0, 0.05) is 56.7 Å². The first-order valence-corrected chi connectivity index (χ1v) is 10.2. The molecule has 0 fully saturated rings. The summed E-state index contributed by atoms with van der Waals surface area (Å²) in [5.41, 5.74) is 0.880. The molecule has 0 atom stereocenters. The van der Waals surface area contributed by atoms with Gasteiger partial charge in [-0.3, -0.25) is 19.9 Å². The zero-order valence-electron chi connectivity index (χ0n) is 19.9. The fraction of sp³-hybridized carbons (Fsp3) is 0.0400. The van der Waals surface area contributed by atoms with Crippen LogP contribution in [0.5, 0.6) is 0 Å². The Kier molecular flexibility index (Phi) is 16.8. The van der Waals surface area contributed by atoms with E-state index in [1.54, 1.807) is 24.3 Å². The highest BCUT2D eigenvalue weighted by atomic mass is 16.4. The van der Waals surface area contributed by atoms with Crippen molar-refractivity contribution < 1.29 is 44.7 Å². The van der Waals surface area contributed by atoms with E-state index < -0.39 is 23.9 Å². The van der Waals surface area contributed by atoms with Gasteiger partial charge in [-0.25, -0.2) is 19.2 Å². The minimum Gasteiger partial charge on any atom is -0.478 e. The maximum atomic E-state index is 10.2. The number of rotatable bonds is 4. The molecule has 198 valence electrons. The van der Waals surface area contributed by atoms with E-state index in [1.807, 2.05) is 0 Å². The van der Waals surface area contributed by atoms with Crippen LogP contribution in [-0.2, 0) is 0 Å². The molecule has 5 N–H and O–H groups in total. The molecule has 0 saturated carbocycles. The number of aliphatic hydroxyl groups is 1. The molecule has 4 heterocycles. The van der Waals surface area contributed by atoms with Crippen LogP contribution < -0.4 is 0 Å².